The summed E-state index contributed by atoms with van der Waals surface area (Å²) in [7, 11) is -1.45. The standard InChI is InChI=1S/C15H16N2O2S2/c1-17(12-14-5-3-8-20-14)7-9-21(18,19)15-6-2-4-13(10-15)11-16/h2-6,8,10H,7,9,12H2,1H3. The second-order valence-corrected chi connectivity index (χ2v) is 7.92. The highest BCUT2D eigenvalue weighted by Gasteiger charge is 2.16. The maximum Gasteiger partial charge on any atom is 0.179 e. The van der Waals surface area contributed by atoms with Crippen LogP contribution >= 0.6 is 11.3 Å². The Labute approximate surface area is 129 Å². The van der Waals surface area contributed by atoms with E-state index in [9.17, 15) is 8.42 Å². The smallest absolute Gasteiger partial charge is 0.179 e. The summed E-state index contributed by atoms with van der Waals surface area (Å²) < 4.78 is 24.5. The van der Waals surface area contributed by atoms with Crippen molar-refractivity contribution in [3.63, 3.8) is 0 Å². The molecule has 0 bridgehead atoms. The number of hydrogen-bond donors (Lipinski definition) is 0. The van der Waals surface area contributed by atoms with Gasteiger partial charge in [0, 0.05) is 18.0 Å². The van der Waals surface area contributed by atoms with Crippen molar-refractivity contribution in [1.82, 2.24) is 4.90 Å². The lowest BCUT2D eigenvalue weighted by Crippen LogP contribution is -2.25. The Morgan fingerprint density at radius 2 is 2.10 bits per heavy atom. The van der Waals surface area contributed by atoms with Gasteiger partial charge in [-0.15, -0.1) is 11.3 Å². The summed E-state index contributed by atoms with van der Waals surface area (Å²) in [6, 6.07) is 12.1. The van der Waals surface area contributed by atoms with Gasteiger partial charge in [0.1, 0.15) is 0 Å². The van der Waals surface area contributed by atoms with Crippen LogP contribution in [-0.2, 0) is 16.4 Å². The van der Waals surface area contributed by atoms with Crippen LogP contribution < -0.4 is 0 Å². The molecule has 4 nitrogen and oxygen atoms in total. The van der Waals surface area contributed by atoms with Crippen LogP contribution in [-0.4, -0.2) is 32.7 Å². The maximum absolute atomic E-state index is 12.3. The maximum atomic E-state index is 12.3. The quantitative estimate of drug-likeness (QED) is 0.820. The van der Waals surface area contributed by atoms with E-state index in [1.54, 1.807) is 23.5 Å². The lowest BCUT2D eigenvalue weighted by Gasteiger charge is -2.15. The fraction of sp³-hybridized carbons (Fsp3) is 0.267. The molecule has 21 heavy (non-hydrogen) atoms. The van der Waals surface area contributed by atoms with Crippen LogP contribution in [0.4, 0.5) is 0 Å². The van der Waals surface area contributed by atoms with Crippen LogP contribution in [0.15, 0.2) is 46.7 Å². The molecule has 2 rings (SSSR count). The first kappa shape index (κ1) is 15.7. The number of sulfone groups is 1. The summed E-state index contributed by atoms with van der Waals surface area (Å²) in [5.41, 5.74) is 0.364. The van der Waals surface area contributed by atoms with Gasteiger partial charge in [-0.25, -0.2) is 8.42 Å². The molecule has 0 fully saturated rings. The third-order valence-electron chi connectivity index (χ3n) is 3.07. The molecule has 0 saturated heterocycles. The van der Waals surface area contributed by atoms with Crippen LogP contribution in [0.25, 0.3) is 0 Å². The second-order valence-electron chi connectivity index (χ2n) is 4.78. The molecule has 0 aliphatic heterocycles. The molecule has 0 aliphatic carbocycles. The molecule has 0 unspecified atom stereocenters. The van der Waals surface area contributed by atoms with E-state index >= 15 is 0 Å². The lowest BCUT2D eigenvalue weighted by atomic mass is 10.2. The van der Waals surface area contributed by atoms with Crippen molar-refractivity contribution in [3.05, 3.63) is 52.2 Å². The Balaban J connectivity index is 1.99. The highest BCUT2D eigenvalue weighted by molar-refractivity contribution is 7.91. The summed E-state index contributed by atoms with van der Waals surface area (Å²) >= 11 is 1.66. The number of nitrogens with zero attached hydrogens (tertiary/aromatic N) is 2. The highest BCUT2D eigenvalue weighted by atomic mass is 32.2. The van der Waals surface area contributed by atoms with Gasteiger partial charge in [0.05, 0.1) is 22.3 Å². The van der Waals surface area contributed by atoms with E-state index in [4.69, 9.17) is 5.26 Å². The van der Waals surface area contributed by atoms with E-state index in [1.165, 1.54) is 17.0 Å². The zero-order valence-corrected chi connectivity index (χ0v) is 13.3. The predicted molar refractivity (Wildman–Crippen MR) is 83.9 cm³/mol. The Morgan fingerprint density at radius 3 is 2.76 bits per heavy atom. The van der Waals surface area contributed by atoms with Gasteiger partial charge >= 0.3 is 0 Å². The van der Waals surface area contributed by atoms with Crippen LogP contribution in [0, 0.1) is 11.3 Å². The van der Waals surface area contributed by atoms with E-state index in [0.29, 0.717) is 12.1 Å². The highest BCUT2D eigenvalue weighted by Crippen LogP contribution is 2.14. The van der Waals surface area contributed by atoms with E-state index in [0.717, 1.165) is 6.54 Å². The van der Waals surface area contributed by atoms with Crippen molar-refractivity contribution in [3.8, 4) is 6.07 Å². The van der Waals surface area contributed by atoms with Gasteiger partial charge < -0.3 is 4.90 Å². The summed E-state index contributed by atoms with van der Waals surface area (Å²) in [5, 5.41) is 10.8. The Kier molecular flexibility index (Phi) is 5.12. The third-order valence-corrected chi connectivity index (χ3v) is 5.62. The Bertz CT molecular complexity index is 731. The van der Waals surface area contributed by atoms with Crippen molar-refractivity contribution in [2.24, 2.45) is 0 Å². The van der Waals surface area contributed by atoms with Crippen LogP contribution in [0.1, 0.15) is 10.4 Å². The molecule has 0 amide bonds. The first-order valence-electron chi connectivity index (χ1n) is 6.45. The SMILES string of the molecule is CN(CCS(=O)(=O)c1cccc(C#N)c1)Cc1cccs1. The number of thiophene rings is 1. The van der Waals surface area contributed by atoms with Crippen LogP contribution in [0.3, 0.4) is 0 Å². The molecule has 0 aliphatic rings. The molecule has 0 atom stereocenters. The van der Waals surface area contributed by atoms with Crippen molar-refractivity contribution < 1.29 is 8.42 Å². The van der Waals surface area contributed by atoms with Gasteiger partial charge in [0.25, 0.3) is 0 Å². The van der Waals surface area contributed by atoms with Crippen LogP contribution in [0.5, 0.6) is 0 Å². The van der Waals surface area contributed by atoms with Gasteiger partial charge in [-0.2, -0.15) is 5.26 Å². The van der Waals surface area contributed by atoms with Crippen molar-refractivity contribution >= 4 is 21.2 Å². The van der Waals surface area contributed by atoms with Crippen LogP contribution in [0.2, 0.25) is 0 Å². The molecule has 0 N–H and O–H groups in total. The molecule has 6 heteroatoms. The van der Waals surface area contributed by atoms with Crippen molar-refractivity contribution in [1.29, 1.82) is 5.26 Å². The molecule has 1 heterocycles. The van der Waals surface area contributed by atoms with Crippen molar-refractivity contribution in [2.45, 2.75) is 11.4 Å². The molecule has 0 spiro atoms. The minimum Gasteiger partial charge on any atom is -0.300 e. The minimum atomic E-state index is -3.36. The first-order chi connectivity index (χ1) is 10.0. The first-order valence-corrected chi connectivity index (χ1v) is 8.98. The van der Waals surface area contributed by atoms with Gasteiger partial charge in [0.15, 0.2) is 9.84 Å². The summed E-state index contributed by atoms with van der Waals surface area (Å²) in [6.07, 6.45) is 0. The van der Waals surface area contributed by atoms with E-state index in [-0.39, 0.29) is 10.6 Å². The summed E-state index contributed by atoms with van der Waals surface area (Å²) in [4.78, 5) is 3.41. The normalized spacial score (nSPS) is 11.5. The fourth-order valence-electron chi connectivity index (χ4n) is 1.90. The zero-order valence-electron chi connectivity index (χ0n) is 11.7. The number of benzene rings is 1. The molecule has 110 valence electrons. The van der Waals surface area contributed by atoms with Gasteiger partial charge in [-0.3, -0.25) is 0 Å². The van der Waals surface area contributed by atoms with Crippen molar-refractivity contribution in [2.75, 3.05) is 19.3 Å². The molecular weight excluding hydrogens is 304 g/mol. The second kappa shape index (κ2) is 6.85. The third kappa shape index (κ3) is 4.39. The average molecular weight is 320 g/mol. The Morgan fingerprint density at radius 1 is 1.29 bits per heavy atom. The van der Waals surface area contributed by atoms with E-state index < -0.39 is 9.84 Å². The molecule has 0 radical (unpaired) electrons. The molecule has 1 aromatic carbocycles. The molecular formula is C15H16N2O2S2. The number of rotatable bonds is 6. The number of nitriles is 1. The molecule has 1 aromatic heterocycles. The molecule has 0 saturated carbocycles. The van der Waals surface area contributed by atoms with Gasteiger partial charge in [-0.1, -0.05) is 12.1 Å². The zero-order chi connectivity index (χ0) is 15.3. The monoisotopic (exact) mass is 320 g/mol. The lowest BCUT2D eigenvalue weighted by molar-refractivity contribution is 0.349. The Hall–Kier alpha value is -1.68. The average Bonchev–Trinajstić information content (AvgIpc) is 2.98. The summed E-state index contributed by atoms with van der Waals surface area (Å²) in [5.74, 6) is 0.0454. The topological polar surface area (TPSA) is 61.2 Å². The number of hydrogen-bond acceptors (Lipinski definition) is 5. The van der Waals surface area contributed by atoms with E-state index in [2.05, 4.69) is 0 Å². The predicted octanol–water partition coefficient (Wildman–Crippen LogP) is 2.53. The minimum absolute atomic E-state index is 0.0454. The molecule has 2 aromatic rings. The van der Waals surface area contributed by atoms with Gasteiger partial charge in [0.2, 0.25) is 0 Å². The fourth-order valence-corrected chi connectivity index (χ4v) is 4.06. The largest absolute Gasteiger partial charge is 0.300 e. The van der Waals surface area contributed by atoms with E-state index in [1.807, 2.05) is 35.5 Å². The van der Waals surface area contributed by atoms with Gasteiger partial charge in [-0.05, 0) is 36.7 Å². The summed E-state index contributed by atoms with van der Waals surface area (Å²) in [6.45, 7) is 1.20.